The van der Waals surface area contributed by atoms with Crippen LogP contribution in [-0.2, 0) is 23.8 Å². The van der Waals surface area contributed by atoms with Gasteiger partial charge in [-0.1, -0.05) is 6.08 Å². The van der Waals surface area contributed by atoms with Crippen LogP contribution in [0.3, 0.4) is 0 Å². The van der Waals surface area contributed by atoms with Gasteiger partial charge in [-0.3, -0.25) is 4.79 Å². The maximum Gasteiger partial charge on any atom is 0.328 e. The first-order valence-electron chi connectivity index (χ1n) is 6.20. The van der Waals surface area contributed by atoms with Gasteiger partial charge in [0.2, 0.25) is 5.91 Å². The van der Waals surface area contributed by atoms with Crippen molar-refractivity contribution >= 4 is 11.9 Å². The van der Waals surface area contributed by atoms with Crippen LogP contribution >= 0.6 is 0 Å². The van der Waals surface area contributed by atoms with Crippen LogP contribution in [0, 0.1) is 0 Å². The minimum atomic E-state index is -0.636. The summed E-state index contributed by atoms with van der Waals surface area (Å²) < 4.78 is 14.5. The molecule has 110 valence electrons. The van der Waals surface area contributed by atoms with Crippen LogP contribution in [0.25, 0.3) is 0 Å². The first-order valence-corrected chi connectivity index (χ1v) is 6.20. The lowest BCUT2D eigenvalue weighted by Gasteiger charge is -2.16. The fraction of sp³-hybridized carbons (Fsp3) is 0.692. The molecule has 0 fully saturated rings. The van der Waals surface area contributed by atoms with Gasteiger partial charge in [0.1, 0.15) is 12.6 Å². The monoisotopic (exact) mass is 273 g/mol. The summed E-state index contributed by atoms with van der Waals surface area (Å²) in [4.78, 5) is 23.1. The van der Waals surface area contributed by atoms with Crippen molar-refractivity contribution in [2.75, 3.05) is 34.0 Å². The summed E-state index contributed by atoms with van der Waals surface area (Å²) in [5.41, 5.74) is 0. The van der Waals surface area contributed by atoms with Crippen LogP contribution in [-0.4, -0.2) is 52.0 Å². The van der Waals surface area contributed by atoms with Crippen LogP contribution < -0.4 is 5.32 Å². The van der Waals surface area contributed by atoms with Crippen LogP contribution in [0.5, 0.6) is 0 Å². The third-order valence-corrected chi connectivity index (χ3v) is 2.39. The van der Waals surface area contributed by atoms with E-state index >= 15 is 0 Å². The molecule has 0 rings (SSSR count). The van der Waals surface area contributed by atoms with E-state index in [4.69, 9.17) is 9.47 Å². The summed E-state index contributed by atoms with van der Waals surface area (Å²) in [6.45, 7) is 4.27. The van der Waals surface area contributed by atoms with Gasteiger partial charge in [-0.05, 0) is 19.3 Å². The van der Waals surface area contributed by atoms with Crippen molar-refractivity contribution in [1.82, 2.24) is 5.32 Å². The largest absolute Gasteiger partial charge is 0.467 e. The first-order chi connectivity index (χ1) is 9.15. The van der Waals surface area contributed by atoms with E-state index in [0.29, 0.717) is 19.6 Å². The molecule has 0 heterocycles. The van der Waals surface area contributed by atoms with Crippen LogP contribution in [0.4, 0.5) is 0 Å². The summed E-state index contributed by atoms with van der Waals surface area (Å²) in [6, 6.07) is -0.636. The van der Waals surface area contributed by atoms with Crippen molar-refractivity contribution in [2.45, 2.75) is 25.3 Å². The van der Waals surface area contributed by atoms with E-state index in [-0.39, 0.29) is 12.5 Å². The van der Waals surface area contributed by atoms with Gasteiger partial charge >= 0.3 is 5.97 Å². The number of carbonyl (C=O) groups excluding carboxylic acids is 2. The quantitative estimate of drug-likeness (QED) is 0.340. The Balaban J connectivity index is 4.04. The normalized spacial score (nSPS) is 11.7. The van der Waals surface area contributed by atoms with Gasteiger partial charge in [-0.15, -0.1) is 6.58 Å². The second kappa shape index (κ2) is 11.7. The molecular formula is C13H23NO5. The summed E-state index contributed by atoms with van der Waals surface area (Å²) >= 11 is 0. The highest BCUT2D eigenvalue weighted by atomic mass is 16.5. The van der Waals surface area contributed by atoms with E-state index in [9.17, 15) is 9.59 Å². The van der Waals surface area contributed by atoms with Crippen LogP contribution in [0.1, 0.15) is 19.3 Å². The molecule has 1 amide bonds. The van der Waals surface area contributed by atoms with Crippen molar-refractivity contribution in [3.63, 3.8) is 0 Å². The molecule has 6 heteroatoms. The second-order valence-electron chi connectivity index (χ2n) is 3.91. The van der Waals surface area contributed by atoms with Gasteiger partial charge in [0.25, 0.3) is 0 Å². The number of rotatable bonds is 11. The Kier molecular flexibility index (Phi) is 10.8. The second-order valence-corrected chi connectivity index (χ2v) is 3.91. The lowest BCUT2D eigenvalue weighted by atomic mass is 10.1. The molecule has 0 aromatic rings. The topological polar surface area (TPSA) is 73.9 Å². The molecule has 6 nitrogen and oxygen atoms in total. The SMILES string of the molecule is C=CCCC[C@H](NC(=O)COCCOC)C(=O)OC. The number of hydrogen-bond donors (Lipinski definition) is 1. The zero-order valence-corrected chi connectivity index (χ0v) is 11.6. The van der Waals surface area contributed by atoms with Crippen molar-refractivity contribution in [2.24, 2.45) is 0 Å². The maximum absolute atomic E-state index is 11.6. The molecule has 0 bridgehead atoms. The third-order valence-electron chi connectivity index (χ3n) is 2.39. The summed E-state index contributed by atoms with van der Waals surface area (Å²) in [5.74, 6) is -0.792. The predicted octanol–water partition coefficient (Wildman–Crippen LogP) is 0.663. The molecule has 0 saturated carbocycles. The standard InChI is InChI=1S/C13H23NO5/c1-4-5-6-7-11(13(16)18-3)14-12(15)10-19-9-8-17-2/h4,11H,1,5-10H2,2-3H3,(H,14,15)/t11-/m0/s1. The van der Waals surface area contributed by atoms with Gasteiger partial charge in [0.05, 0.1) is 20.3 Å². The molecule has 0 aromatic carbocycles. The minimum absolute atomic E-state index is 0.0989. The molecule has 0 aliphatic rings. The third kappa shape index (κ3) is 9.21. The Bertz CT molecular complexity index is 280. The molecule has 0 unspecified atom stereocenters. The minimum Gasteiger partial charge on any atom is -0.467 e. The van der Waals surface area contributed by atoms with Crippen molar-refractivity contribution in [3.05, 3.63) is 12.7 Å². The highest BCUT2D eigenvalue weighted by molar-refractivity contribution is 5.84. The van der Waals surface area contributed by atoms with Gasteiger partial charge in [-0.2, -0.15) is 0 Å². The smallest absolute Gasteiger partial charge is 0.328 e. The number of allylic oxidation sites excluding steroid dienone is 1. The molecule has 0 radical (unpaired) electrons. The highest BCUT2D eigenvalue weighted by Crippen LogP contribution is 2.03. The maximum atomic E-state index is 11.6. The van der Waals surface area contributed by atoms with Crippen molar-refractivity contribution in [3.8, 4) is 0 Å². The Morgan fingerprint density at radius 2 is 2.05 bits per heavy atom. The molecule has 19 heavy (non-hydrogen) atoms. The van der Waals surface area contributed by atoms with Crippen LogP contribution in [0.15, 0.2) is 12.7 Å². The molecule has 1 atom stereocenters. The number of hydrogen-bond acceptors (Lipinski definition) is 5. The number of ether oxygens (including phenoxy) is 3. The zero-order chi connectivity index (χ0) is 14.5. The van der Waals surface area contributed by atoms with Crippen molar-refractivity contribution < 1.29 is 23.8 Å². The van der Waals surface area contributed by atoms with Gasteiger partial charge < -0.3 is 19.5 Å². The number of unbranched alkanes of at least 4 members (excludes halogenated alkanes) is 1. The average Bonchev–Trinajstić information content (AvgIpc) is 2.42. The average molecular weight is 273 g/mol. The van der Waals surface area contributed by atoms with Gasteiger partial charge in [0.15, 0.2) is 0 Å². The number of carbonyl (C=O) groups is 2. The molecule has 0 aliphatic heterocycles. The van der Waals surface area contributed by atoms with E-state index in [1.807, 2.05) is 0 Å². The Morgan fingerprint density at radius 1 is 1.32 bits per heavy atom. The molecule has 0 saturated heterocycles. The molecule has 0 aromatic heterocycles. The van der Waals surface area contributed by atoms with E-state index in [0.717, 1.165) is 12.8 Å². The molecule has 0 spiro atoms. The predicted molar refractivity (Wildman–Crippen MR) is 70.7 cm³/mol. The molecule has 1 N–H and O–H groups in total. The van der Waals surface area contributed by atoms with E-state index in [1.54, 1.807) is 13.2 Å². The summed E-state index contributed by atoms with van der Waals surface area (Å²) in [5, 5.41) is 2.59. The zero-order valence-electron chi connectivity index (χ0n) is 11.6. The van der Waals surface area contributed by atoms with Gasteiger partial charge in [0, 0.05) is 7.11 Å². The van der Waals surface area contributed by atoms with E-state index in [2.05, 4.69) is 16.6 Å². The van der Waals surface area contributed by atoms with Gasteiger partial charge in [-0.25, -0.2) is 4.79 Å². The molecule has 0 aliphatic carbocycles. The number of nitrogens with one attached hydrogen (secondary N) is 1. The Labute approximate surface area is 114 Å². The van der Waals surface area contributed by atoms with E-state index < -0.39 is 12.0 Å². The first kappa shape index (κ1) is 17.6. The lowest BCUT2D eigenvalue weighted by Crippen LogP contribution is -2.43. The number of esters is 1. The van der Waals surface area contributed by atoms with E-state index in [1.165, 1.54) is 7.11 Å². The molecular weight excluding hydrogens is 250 g/mol. The number of methoxy groups -OCH3 is 2. The fourth-order valence-corrected chi connectivity index (χ4v) is 1.40. The summed E-state index contributed by atoms with van der Waals surface area (Å²) in [7, 11) is 2.85. The highest BCUT2D eigenvalue weighted by Gasteiger charge is 2.20. The lowest BCUT2D eigenvalue weighted by molar-refractivity contribution is -0.146. The van der Waals surface area contributed by atoms with Crippen LogP contribution in [0.2, 0.25) is 0 Å². The Morgan fingerprint density at radius 3 is 2.63 bits per heavy atom. The summed E-state index contributed by atoms with van der Waals surface area (Å²) in [6.07, 6.45) is 3.83. The number of amides is 1. The Hall–Kier alpha value is -1.40. The fourth-order valence-electron chi connectivity index (χ4n) is 1.40. The van der Waals surface area contributed by atoms with Crippen molar-refractivity contribution in [1.29, 1.82) is 0 Å².